The van der Waals surface area contributed by atoms with Gasteiger partial charge in [-0.05, 0) is 12.1 Å². The summed E-state index contributed by atoms with van der Waals surface area (Å²) >= 11 is 0. The maximum absolute atomic E-state index is 12.0. The van der Waals surface area contributed by atoms with Gasteiger partial charge in [-0.15, -0.1) is 0 Å². The zero-order chi connectivity index (χ0) is 13.1. The van der Waals surface area contributed by atoms with E-state index in [1.54, 1.807) is 6.33 Å². The van der Waals surface area contributed by atoms with Gasteiger partial charge in [-0.1, -0.05) is 6.07 Å². The van der Waals surface area contributed by atoms with Gasteiger partial charge in [-0.25, -0.2) is 4.98 Å². The van der Waals surface area contributed by atoms with Crippen LogP contribution in [0.3, 0.4) is 0 Å². The molecular weight excluding hydrogens is 244 g/mol. The van der Waals surface area contributed by atoms with Crippen molar-refractivity contribution in [1.82, 2.24) is 15.3 Å². The van der Waals surface area contributed by atoms with Crippen LogP contribution in [0.2, 0.25) is 0 Å². The number of benzene rings is 1. The lowest BCUT2D eigenvalue weighted by Gasteiger charge is -2.23. The highest BCUT2D eigenvalue weighted by Crippen LogP contribution is 2.19. The SMILES string of the molecule is O=C(CC1COCCN1)Nc1cccc2[nH]cnc12. The molecule has 1 saturated heterocycles. The van der Waals surface area contributed by atoms with Gasteiger partial charge in [0.2, 0.25) is 5.91 Å². The van der Waals surface area contributed by atoms with Crippen LogP contribution in [0.25, 0.3) is 11.0 Å². The Kier molecular flexibility index (Phi) is 3.43. The average molecular weight is 260 g/mol. The van der Waals surface area contributed by atoms with Gasteiger partial charge < -0.3 is 20.4 Å². The van der Waals surface area contributed by atoms with E-state index >= 15 is 0 Å². The molecule has 0 saturated carbocycles. The predicted molar refractivity (Wildman–Crippen MR) is 72.0 cm³/mol. The van der Waals surface area contributed by atoms with Crippen molar-refractivity contribution >= 4 is 22.6 Å². The van der Waals surface area contributed by atoms with Crippen LogP contribution in [0.4, 0.5) is 5.69 Å². The van der Waals surface area contributed by atoms with Crippen molar-refractivity contribution in [3.8, 4) is 0 Å². The molecule has 2 heterocycles. The van der Waals surface area contributed by atoms with Gasteiger partial charge in [-0.2, -0.15) is 0 Å². The van der Waals surface area contributed by atoms with Crippen LogP contribution < -0.4 is 10.6 Å². The molecule has 1 amide bonds. The molecule has 19 heavy (non-hydrogen) atoms. The minimum absolute atomic E-state index is 0.0292. The monoisotopic (exact) mass is 260 g/mol. The molecule has 6 nitrogen and oxygen atoms in total. The third-order valence-corrected chi connectivity index (χ3v) is 3.15. The third kappa shape index (κ3) is 2.74. The first-order valence-electron chi connectivity index (χ1n) is 6.36. The van der Waals surface area contributed by atoms with Crippen molar-refractivity contribution in [1.29, 1.82) is 0 Å². The third-order valence-electron chi connectivity index (χ3n) is 3.15. The summed E-state index contributed by atoms with van der Waals surface area (Å²) in [5.74, 6) is -0.0292. The number of aromatic amines is 1. The number of amides is 1. The second-order valence-electron chi connectivity index (χ2n) is 4.58. The van der Waals surface area contributed by atoms with Crippen molar-refractivity contribution in [2.45, 2.75) is 12.5 Å². The number of carbonyl (C=O) groups excluding carboxylic acids is 1. The minimum atomic E-state index is -0.0292. The molecule has 1 aliphatic heterocycles. The van der Waals surface area contributed by atoms with E-state index in [9.17, 15) is 4.79 Å². The molecular formula is C13H16N4O2. The number of morpholine rings is 1. The molecule has 6 heteroatoms. The number of rotatable bonds is 3. The number of carbonyl (C=O) groups is 1. The molecule has 0 radical (unpaired) electrons. The summed E-state index contributed by atoms with van der Waals surface area (Å²) in [5.41, 5.74) is 2.43. The number of nitrogens with one attached hydrogen (secondary N) is 3. The van der Waals surface area contributed by atoms with Crippen LogP contribution in [0, 0.1) is 0 Å². The van der Waals surface area contributed by atoms with Crippen LogP contribution in [0.5, 0.6) is 0 Å². The molecule has 0 bridgehead atoms. The van der Waals surface area contributed by atoms with E-state index in [0.717, 1.165) is 23.3 Å². The molecule has 2 aromatic rings. The summed E-state index contributed by atoms with van der Waals surface area (Å²) < 4.78 is 5.33. The quantitative estimate of drug-likeness (QED) is 0.765. The lowest BCUT2D eigenvalue weighted by Crippen LogP contribution is -2.43. The number of anilines is 1. The first-order valence-corrected chi connectivity index (χ1v) is 6.36. The molecule has 1 aromatic carbocycles. The van der Waals surface area contributed by atoms with Gasteiger partial charge in [-0.3, -0.25) is 4.79 Å². The van der Waals surface area contributed by atoms with E-state index < -0.39 is 0 Å². The molecule has 3 rings (SSSR count). The summed E-state index contributed by atoms with van der Waals surface area (Å²) in [7, 11) is 0. The van der Waals surface area contributed by atoms with Crippen LogP contribution >= 0.6 is 0 Å². The number of fused-ring (bicyclic) bond motifs is 1. The van der Waals surface area contributed by atoms with E-state index in [-0.39, 0.29) is 11.9 Å². The number of nitrogens with zero attached hydrogens (tertiary/aromatic N) is 1. The Morgan fingerprint density at radius 1 is 1.53 bits per heavy atom. The van der Waals surface area contributed by atoms with Gasteiger partial charge in [0, 0.05) is 19.0 Å². The first-order chi connectivity index (χ1) is 9.33. The summed E-state index contributed by atoms with van der Waals surface area (Å²) in [6.07, 6.45) is 2.03. The van der Waals surface area contributed by atoms with Gasteiger partial charge >= 0.3 is 0 Å². The predicted octanol–water partition coefficient (Wildman–Crippen LogP) is 0.880. The standard InChI is InChI=1S/C13H16N4O2/c18-12(6-9-7-19-5-4-14-9)17-11-3-1-2-10-13(11)16-8-15-10/h1-3,8-9,14H,4-7H2,(H,15,16)(H,17,18). The van der Waals surface area contributed by atoms with E-state index in [1.807, 2.05) is 18.2 Å². The molecule has 100 valence electrons. The molecule has 1 atom stereocenters. The smallest absolute Gasteiger partial charge is 0.226 e. The zero-order valence-electron chi connectivity index (χ0n) is 10.5. The topological polar surface area (TPSA) is 79.0 Å². The largest absolute Gasteiger partial charge is 0.378 e. The Morgan fingerprint density at radius 2 is 2.47 bits per heavy atom. The van der Waals surface area contributed by atoms with Crippen LogP contribution in [-0.4, -0.2) is 41.7 Å². The molecule has 1 aromatic heterocycles. The Morgan fingerprint density at radius 3 is 3.32 bits per heavy atom. The number of para-hydroxylation sites is 1. The van der Waals surface area contributed by atoms with Crippen molar-refractivity contribution in [3.63, 3.8) is 0 Å². The summed E-state index contributed by atoms with van der Waals surface area (Å²) in [6.45, 7) is 2.09. The number of hydrogen-bond donors (Lipinski definition) is 3. The van der Waals surface area contributed by atoms with Gasteiger partial charge in [0.1, 0.15) is 5.52 Å². The number of ether oxygens (including phenoxy) is 1. The van der Waals surface area contributed by atoms with Crippen LogP contribution in [-0.2, 0) is 9.53 Å². The number of imidazole rings is 1. The molecule has 1 fully saturated rings. The molecule has 1 unspecified atom stereocenters. The fourth-order valence-electron chi connectivity index (χ4n) is 2.24. The Balaban J connectivity index is 1.67. The van der Waals surface area contributed by atoms with Crippen LogP contribution in [0.15, 0.2) is 24.5 Å². The van der Waals surface area contributed by atoms with Crippen molar-refractivity contribution in [2.75, 3.05) is 25.1 Å². The summed E-state index contributed by atoms with van der Waals surface area (Å²) in [5, 5.41) is 6.16. The van der Waals surface area contributed by atoms with Gasteiger partial charge in [0.05, 0.1) is 30.7 Å². The van der Waals surface area contributed by atoms with Crippen molar-refractivity contribution in [2.24, 2.45) is 0 Å². The van der Waals surface area contributed by atoms with E-state index in [1.165, 1.54) is 0 Å². The highest BCUT2D eigenvalue weighted by molar-refractivity contribution is 5.99. The minimum Gasteiger partial charge on any atom is -0.378 e. The molecule has 0 aliphatic carbocycles. The zero-order valence-corrected chi connectivity index (χ0v) is 10.5. The number of aromatic nitrogens is 2. The van der Waals surface area contributed by atoms with E-state index in [2.05, 4.69) is 20.6 Å². The number of hydrogen-bond acceptors (Lipinski definition) is 4. The molecule has 0 spiro atoms. The van der Waals surface area contributed by atoms with Crippen molar-refractivity contribution < 1.29 is 9.53 Å². The Hall–Kier alpha value is -1.92. The fourth-order valence-corrected chi connectivity index (χ4v) is 2.24. The van der Waals surface area contributed by atoms with Crippen LogP contribution in [0.1, 0.15) is 6.42 Å². The molecule has 3 N–H and O–H groups in total. The summed E-state index contributed by atoms with van der Waals surface area (Å²) in [4.78, 5) is 19.2. The maximum Gasteiger partial charge on any atom is 0.226 e. The normalized spacial score (nSPS) is 19.5. The van der Waals surface area contributed by atoms with Crippen molar-refractivity contribution in [3.05, 3.63) is 24.5 Å². The van der Waals surface area contributed by atoms with E-state index in [4.69, 9.17) is 4.74 Å². The summed E-state index contributed by atoms with van der Waals surface area (Å²) in [6, 6.07) is 5.76. The lowest BCUT2D eigenvalue weighted by atomic mass is 10.2. The Bertz CT molecular complexity index is 575. The lowest BCUT2D eigenvalue weighted by molar-refractivity contribution is -0.117. The highest BCUT2D eigenvalue weighted by Gasteiger charge is 2.17. The highest BCUT2D eigenvalue weighted by atomic mass is 16.5. The average Bonchev–Trinajstić information content (AvgIpc) is 2.89. The van der Waals surface area contributed by atoms with E-state index in [0.29, 0.717) is 19.6 Å². The first kappa shape index (κ1) is 12.1. The Labute approximate surface area is 110 Å². The maximum atomic E-state index is 12.0. The van der Waals surface area contributed by atoms with Gasteiger partial charge in [0.15, 0.2) is 0 Å². The van der Waals surface area contributed by atoms with Gasteiger partial charge in [0.25, 0.3) is 0 Å². The fraction of sp³-hybridized carbons (Fsp3) is 0.385. The second-order valence-corrected chi connectivity index (χ2v) is 4.58. The number of H-pyrrole nitrogens is 1. The second kappa shape index (κ2) is 5.38. The molecule has 1 aliphatic rings.